The van der Waals surface area contributed by atoms with Gasteiger partial charge in [-0.25, -0.2) is 0 Å². The predicted molar refractivity (Wildman–Crippen MR) is 77.3 cm³/mol. The fourth-order valence-corrected chi connectivity index (χ4v) is 2.20. The first kappa shape index (κ1) is 13.0. The zero-order valence-electron chi connectivity index (χ0n) is 9.70. The molecule has 2 aromatic rings. The number of hydrogen-bond donors (Lipinski definition) is 0. The fraction of sp³-hybridized carbons (Fsp3) is 0.0667. The van der Waals surface area contributed by atoms with E-state index >= 15 is 0 Å². The lowest BCUT2D eigenvalue weighted by atomic mass is 10.2. The topological polar surface area (TPSA) is 9.23 Å². The summed E-state index contributed by atoms with van der Waals surface area (Å²) < 4.78 is 5.65. The number of benzene rings is 2. The molecule has 0 unspecified atom stereocenters. The van der Waals surface area contributed by atoms with E-state index in [0.29, 0.717) is 22.4 Å². The lowest BCUT2D eigenvalue weighted by Crippen LogP contribution is -1.95. The van der Waals surface area contributed by atoms with Gasteiger partial charge in [0.1, 0.15) is 12.4 Å². The molecule has 0 heterocycles. The molecule has 0 spiro atoms. The second kappa shape index (κ2) is 5.94. The van der Waals surface area contributed by atoms with Crippen molar-refractivity contribution in [2.45, 2.75) is 6.61 Å². The van der Waals surface area contributed by atoms with Crippen LogP contribution in [0.3, 0.4) is 0 Å². The molecule has 0 atom stereocenters. The van der Waals surface area contributed by atoms with Crippen molar-refractivity contribution in [3.8, 4) is 5.75 Å². The standard InChI is InChI=1S/C15H12Cl2O/c1-2-13-14(16)8-12(9-15(13)17)18-10-11-6-4-3-5-7-11/h2-9H,1,10H2. The minimum Gasteiger partial charge on any atom is -0.489 e. The second-order valence-electron chi connectivity index (χ2n) is 3.78. The predicted octanol–water partition coefficient (Wildman–Crippen LogP) is 5.22. The van der Waals surface area contributed by atoms with Crippen LogP contribution in [0.5, 0.6) is 5.75 Å². The molecule has 92 valence electrons. The summed E-state index contributed by atoms with van der Waals surface area (Å²) in [5.74, 6) is 0.652. The van der Waals surface area contributed by atoms with Gasteiger partial charge in [0.25, 0.3) is 0 Å². The molecule has 0 aliphatic rings. The summed E-state index contributed by atoms with van der Waals surface area (Å²) in [4.78, 5) is 0. The Hall–Kier alpha value is -1.44. The summed E-state index contributed by atoms with van der Waals surface area (Å²) in [7, 11) is 0. The minimum absolute atomic E-state index is 0.487. The van der Waals surface area contributed by atoms with Crippen molar-refractivity contribution in [2.24, 2.45) is 0 Å². The summed E-state index contributed by atoms with van der Waals surface area (Å²) in [6, 6.07) is 13.4. The molecule has 3 heteroatoms. The Balaban J connectivity index is 2.13. The minimum atomic E-state index is 0.487. The van der Waals surface area contributed by atoms with E-state index in [1.807, 2.05) is 30.3 Å². The van der Waals surface area contributed by atoms with Crippen LogP contribution in [0.15, 0.2) is 49.0 Å². The number of hydrogen-bond acceptors (Lipinski definition) is 1. The molecule has 0 N–H and O–H groups in total. The number of halogens is 2. The van der Waals surface area contributed by atoms with E-state index in [9.17, 15) is 0 Å². The van der Waals surface area contributed by atoms with E-state index < -0.39 is 0 Å². The molecular weight excluding hydrogens is 267 g/mol. The molecule has 0 amide bonds. The van der Waals surface area contributed by atoms with Gasteiger partial charge in [0, 0.05) is 5.56 Å². The van der Waals surface area contributed by atoms with E-state index in [-0.39, 0.29) is 0 Å². The van der Waals surface area contributed by atoms with E-state index in [1.165, 1.54) is 0 Å². The first-order valence-electron chi connectivity index (χ1n) is 5.49. The van der Waals surface area contributed by atoms with Crippen LogP contribution >= 0.6 is 23.2 Å². The molecule has 0 saturated carbocycles. The van der Waals surface area contributed by atoms with E-state index in [0.717, 1.165) is 11.1 Å². The van der Waals surface area contributed by atoms with Crippen LogP contribution in [0.25, 0.3) is 6.08 Å². The summed E-state index contributed by atoms with van der Waals surface area (Å²) in [6.07, 6.45) is 1.63. The fourth-order valence-electron chi connectivity index (χ4n) is 1.58. The molecule has 0 radical (unpaired) electrons. The second-order valence-corrected chi connectivity index (χ2v) is 4.59. The zero-order chi connectivity index (χ0) is 13.0. The lowest BCUT2D eigenvalue weighted by Gasteiger charge is -2.09. The van der Waals surface area contributed by atoms with Gasteiger partial charge in [0.15, 0.2) is 0 Å². The largest absolute Gasteiger partial charge is 0.489 e. The number of ether oxygens (including phenoxy) is 1. The highest BCUT2D eigenvalue weighted by Crippen LogP contribution is 2.31. The van der Waals surface area contributed by atoms with Crippen LogP contribution in [-0.2, 0) is 6.61 Å². The maximum Gasteiger partial charge on any atom is 0.122 e. The van der Waals surface area contributed by atoms with Crippen LogP contribution in [0, 0.1) is 0 Å². The van der Waals surface area contributed by atoms with Crippen LogP contribution in [0.4, 0.5) is 0 Å². The molecule has 0 bridgehead atoms. The molecule has 0 fully saturated rings. The van der Waals surface area contributed by atoms with Gasteiger partial charge in [-0.3, -0.25) is 0 Å². The van der Waals surface area contributed by atoms with Crippen molar-refractivity contribution in [1.82, 2.24) is 0 Å². The van der Waals surface area contributed by atoms with Gasteiger partial charge >= 0.3 is 0 Å². The van der Waals surface area contributed by atoms with Crippen molar-refractivity contribution in [3.63, 3.8) is 0 Å². The van der Waals surface area contributed by atoms with Gasteiger partial charge in [-0.2, -0.15) is 0 Å². The van der Waals surface area contributed by atoms with Crippen LogP contribution < -0.4 is 4.74 Å². The monoisotopic (exact) mass is 278 g/mol. The van der Waals surface area contributed by atoms with Crippen molar-refractivity contribution < 1.29 is 4.74 Å². The smallest absolute Gasteiger partial charge is 0.122 e. The van der Waals surface area contributed by atoms with Crippen molar-refractivity contribution in [2.75, 3.05) is 0 Å². The molecule has 18 heavy (non-hydrogen) atoms. The lowest BCUT2D eigenvalue weighted by molar-refractivity contribution is 0.306. The Morgan fingerprint density at radius 2 is 1.67 bits per heavy atom. The van der Waals surface area contributed by atoms with Crippen LogP contribution in [0.1, 0.15) is 11.1 Å². The Bertz CT molecular complexity index is 527. The van der Waals surface area contributed by atoms with Gasteiger partial charge in [0.05, 0.1) is 10.0 Å². The van der Waals surface area contributed by atoms with E-state index in [2.05, 4.69) is 6.58 Å². The first-order valence-corrected chi connectivity index (χ1v) is 6.24. The first-order chi connectivity index (χ1) is 8.70. The Morgan fingerprint density at radius 1 is 1.06 bits per heavy atom. The third-order valence-electron chi connectivity index (χ3n) is 2.51. The summed E-state index contributed by atoms with van der Waals surface area (Å²) in [5.41, 5.74) is 1.82. The summed E-state index contributed by atoms with van der Waals surface area (Å²) in [5, 5.41) is 1.08. The average molecular weight is 279 g/mol. The van der Waals surface area contributed by atoms with Gasteiger partial charge in [-0.1, -0.05) is 66.2 Å². The molecule has 0 aliphatic carbocycles. The Morgan fingerprint density at radius 3 is 2.22 bits per heavy atom. The van der Waals surface area contributed by atoms with Gasteiger partial charge in [-0.05, 0) is 17.7 Å². The SMILES string of the molecule is C=Cc1c(Cl)cc(OCc2ccccc2)cc1Cl. The zero-order valence-corrected chi connectivity index (χ0v) is 11.2. The maximum atomic E-state index is 6.08. The third kappa shape index (κ3) is 3.06. The summed E-state index contributed by atoms with van der Waals surface area (Å²) >= 11 is 12.2. The average Bonchev–Trinajstić information content (AvgIpc) is 2.37. The van der Waals surface area contributed by atoms with Gasteiger partial charge in [0.2, 0.25) is 0 Å². The third-order valence-corrected chi connectivity index (χ3v) is 3.13. The van der Waals surface area contributed by atoms with Crippen molar-refractivity contribution in [1.29, 1.82) is 0 Å². The van der Waals surface area contributed by atoms with Crippen molar-refractivity contribution >= 4 is 29.3 Å². The van der Waals surface area contributed by atoms with E-state index in [1.54, 1.807) is 18.2 Å². The molecule has 2 aromatic carbocycles. The highest BCUT2D eigenvalue weighted by molar-refractivity contribution is 6.37. The van der Waals surface area contributed by atoms with E-state index in [4.69, 9.17) is 27.9 Å². The molecule has 2 rings (SSSR count). The van der Waals surface area contributed by atoms with Gasteiger partial charge < -0.3 is 4.74 Å². The quantitative estimate of drug-likeness (QED) is 0.746. The molecule has 1 nitrogen and oxygen atoms in total. The highest BCUT2D eigenvalue weighted by Gasteiger charge is 2.06. The molecular formula is C15H12Cl2O. The van der Waals surface area contributed by atoms with Crippen molar-refractivity contribution in [3.05, 3.63) is 70.2 Å². The van der Waals surface area contributed by atoms with Crippen LogP contribution in [0.2, 0.25) is 10.0 Å². The molecule has 0 aromatic heterocycles. The maximum absolute atomic E-state index is 6.08. The Kier molecular flexibility index (Phi) is 4.29. The molecule has 0 aliphatic heterocycles. The normalized spacial score (nSPS) is 10.1. The highest BCUT2D eigenvalue weighted by atomic mass is 35.5. The van der Waals surface area contributed by atoms with Crippen LogP contribution in [-0.4, -0.2) is 0 Å². The summed E-state index contributed by atoms with van der Waals surface area (Å²) in [6.45, 7) is 4.15. The molecule has 0 saturated heterocycles. The number of rotatable bonds is 4. The Labute approximate surface area is 117 Å². The van der Waals surface area contributed by atoms with Gasteiger partial charge in [-0.15, -0.1) is 0 Å².